The number of hydrogen-bond donors (Lipinski definition) is 2. The minimum atomic E-state index is 0.827. The van der Waals surface area contributed by atoms with E-state index in [0.29, 0.717) is 0 Å². The molecule has 0 spiro atoms. The quantitative estimate of drug-likeness (QED) is 0.554. The summed E-state index contributed by atoms with van der Waals surface area (Å²) < 4.78 is 0. The molecule has 0 unspecified atom stereocenters. The SMILES string of the molecule is CSc1ccc(N)cc1.c1nc[nH]n1. The van der Waals surface area contributed by atoms with Crippen molar-refractivity contribution in [2.75, 3.05) is 12.0 Å². The lowest BCUT2D eigenvalue weighted by molar-refractivity contribution is 1.09. The van der Waals surface area contributed by atoms with Crippen molar-refractivity contribution in [2.24, 2.45) is 0 Å². The molecule has 5 heteroatoms. The number of H-pyrrole nitrogens is 1. The van der Waals surface area contributed by atoms with Crippen molar-refractivity contribution in [3.05, 3.63) is 36.9 Å². The summed E-state index contributed by atoms with van der Waals surface area (Å²) in [6, 6.07) is 7.84. The van der Waals surface area contributed by atoms with Crippen LogP contribution in [-0.2, 0) is 0 Å². The summed E-state index contributed by atoms with van der Waals surface area (Å²) in [5.41, 5.74) is 6.30. The van der Waals surface area contributed by atoms with Crippen LogP contribution in [0.5, 0.6) is 0 Å². The lowest BCUT2D eigenvalue weighted by Crippen LogP contribution is -1.81. The number of nitrogens with zero attached hydrogens (tertiary/aromatic N) is 2. The van der Waals surface area contributed by atoms with Gasteiger partial charge in [0.25, 0.3) is 0 Å². The molecule has 0 fully saturated rings. The third kappa shape index (κ3) is 3.95. The Labute approximate surface area is 86.9 Å². The van der Waals surface area contributed by atoms with Gasteiger partial charge in [0.2, 0.25) is 0 Å². The Balaban J connectivity index is 0.000000165. The highest BCUT2D eigenvalue weighted by molar-refractivity contribution is 7.98. The summed E-state index contributed by atoms with van der Waals surface area (Å²) >= 11 is 1.72. The van der Waals surface area contributed by atoms with Crippen LogP contribution in [0.3, 0.4) is 0 Å². The number of thioether (sulfide) groups is 1. The summed E-state index contributed by atoms with van der Waals surface area (Å²) in [7, 11) is 0. The minimum absolute atomic E-state index is 0.827. The van der Waals surface area contributed by atoms with Crippen LogP contribution in [0.2, 0.25) is 0 Å². The van der Waals surface area contributed by atoms with Gasteiger partial charge in [0.15, 0.2) is 0 Å². The number of nitrogens with two attached hydrogens (primary N) is 1. The average Bonchev–Trinajstić information content (AvgIpc) is 2.77. The Morgan fingerprint density at radius 3 is 2.36 bits per heavy atom. The van der Waals surface area contributed by atoms with Crippen molar-refractivity contribution in [2.45, 2.75) is 4.90 Å². The fourth-order valence-electron chi connectivity index (χ4n) is 0.771. The van der Waals surface area contributed by atoms with Gasteiger partial charge in [-0.15, -0.1) is 11.8 Å². The van der Waals surface area contributed by atoms with Gasteiger partial charge in [-0.1, -0.05) is 0 Å². The molecule has 0 bridgehead atoms. The minimum Gasteiger partial charge on any atom is -0.399 e. The van der Waals surface area contributed by atoms with E-state index in [2.05, 4.69) is 15.2 Å². The Bertz CT molecular complexity index is 313. The smallest absolute Gasteiger partial charge is 0.137 e. The van der Waals surface area contributed by atoms with Crippen molar-refractivity contribution < 1.29 is 0 Å². The predicted molar refractivity (Wildman–Crippen MR) is 59.0 cm³/mol. The van der Waals surface area contributed by atoms with Crippen LogP contribution in [0.1, 0.15) is 0 Å². The second-order valence-electron chi connectivity index (χ2n) is 2.42. The van der Waals surface area contributed by atoms with Gasteiger partial charge >= 0.3 is 0 Å². The van der Waals surface area contributed by atoms with E-state index < -0.39 is 0 Å². The van der Waals surface area contributed by atoms with E-state index in [0.717, 1.165) is 5.69 Å². The molecular weight excluding hydrogens is 196 g/mol. The molecule has 0 aliphatic heterocycles. The van der Waals surface area contributed by atoms with E-state index in [9.17, 15) is 0 Å². The van der Waals surface area contributed by atoms with E-state index >= 15 is 0 Å². The lowest BCUT2D eigenvalue weighted by Gasteiger charge is -1.94. The zero-order chi connectivity index (χ0) is 10.2. The zero-order valence-corrected chi connectivity index (χ0v) is 8.66. The van der Waals surface area contributed by atoms with Gasteiger partial charge in [0.05, 0.1) is 0 Å². The van der Waals surface area contributed by atoms with Gasteiger partial charge in [0, 0.05) is 10.6 Å². The third-order valence-electron chi connectivity index (χ3n) is 1.45. The Hall–Kier alpha value is -1.49. The van der Waals surface area contributed by atoms with E-state index in [1.54, 1.807) is 11.8 Å². The largest absolute Gasteiger partial charge is 0.399 e. The molecule has 0 atom stereocenters. The second kappa shape index (κ2) is 6.04. The summed E-state index contributed by atoms with van der Waals surface area (Å²) in [5, 5.41) is 5.99. The monoisotopic (exact) mass is 208 g/mol. The lowest BCUT2D eigenvalue weighted by atomic mass is 10.3. The number of aromatic nitrogens is 3. The van der Waals surface area contributed by atoms with Crippen LogP contribution in [-0.4, -0.2) is 21.4 Å². The molecule has 0 radical (unpaired) electrons. The first-order chi connectivity index (χ1) is 6.83. The van der Waals surface area contributed by atoms with Gasteiger partial charge < -0.3 is 5.73 Å². The first-order valence-corrected chi connectivity index (χ1v) is 5.23. The van der Waals surface area contributed by atoms with Crippen LogP contribution in [0.4, 0.5) is 5.69 Å². The van der Waals surface area contributed by atoms with E-state index in [-0.39, 0.29) is 0 Å². The second-order valence-corrected chi connectivity index (χ2v) is 3.30. The number of benzene rings is 1. The number of nitrogen functional groups attached to an aromatic ring is 1. The van der Waals surface area contributed by atoms with Gasteiger partial charge in [-0.05, 0) is 30.5 Å². The fourth-order valence-corrected chi connectivity index (χ4v) is 1.18. The van der Waals surface area contributed by atoms with E-state index in [1.807, 2.05) is 30.5 Å². The number of aromatic amines is 1. The molecule has 4 nitrogen and oxygen atoms in total. The molecule has 74 valence electrons. The Morgan fingerprint density at radius 2 is 2.00 bits per heavy atom. The topological polar surface area (TPSA) is 67.6 Å². The summed E-state index contributed by atoms with van der Waals surface area (Å²) in [6.45, 7) is 0. The number of hydrogen-bond acceptors (Lipinski definition) is 4. The highest BCUT2D eigenvalue weighted by Gasteiger charge is 1.85. The molecule has 0 aliphatic carbocycles. The van der Waals surface area contributed by atoms with Crippen molar-refractivity contribution >= 4 is 17.4 Å². The van der Waals surface area contributed by atoms with Crippen molar-refractivity contribution in [3.8, 4) is 0 Å². The first kappa shape index (κ1) is 10.6. The van der Waals surface area contributed by atoms with Crippen LogP contribution in [0, 0.1) is 0 Å². The number of nitrogens with one attached hydrogen (secondary N) is 1. The van der Waals surface area contributed by atoms with Crippen LogP contribution < -0.4 is 5.73 Å². The highest BCUT2D eigenvalue weighted by atomic mass is 32.2. The van der Waals surface area contributed by atoms with Crippen LogP contribution in [0.15, 0.2) is 41.8 Å². The molecule has 0 saturated heterocycles. The van der Waals surface area contributed by atoms with Gasteiger partial charge in [0.1, 0.15) is 12.7 Å². The fraction of sp³-hybridized carbons (Fsp3) is 0.111. The van der Waals surface area contributed by atoms with Gasteiger partial charge in [-0.3, -0.25) is 5.10 Å². The molecule has 14 heavy (non-hydrogen) atoms. The number of anilines is 1. The maximum absolute atomic E-state index is 5.47. The van der Waals surface area contributed by atoms with Crippen LogP contribution >= 0.6 is 11.8 Å². The molecule has 3 N–H and O–H groups in total. The maximum Gasteiger partial charge on any atom is 0.137 e. The molecule has 2 aromatic rings. The molecule has 0 amide bonds. The van der Waals surface area contributed by atoms with Crippen molar-refractivity contribution in [3.63, 3.8) is 0 Å². The molecular formula is C9H12N4S. The zero-order valence-electron chi connectivity index (χ0n) is 7.84. The van der Waals surface area contributed by atoms with Crippen molar-refractivity contribution in [1.82, 2.24) is 15.2 Å². The molecule has 1 aromatic carbocycles. The predicted octanol–water partition coefficient (Wildman–Crippen LogP) is 1.80. The standard InChI is InChI=1S/C7H9NS.C2H3N3/c1-9-7-4-2-6(8)3-5-7;1-3-2-5-4-1/h2-5H,8H2,1H3;1-2H,(H,3,4,5). The molecule has 0 aliphatic rings. The van der Waals surface area contributed by atoms with Gasteiger partial charge in [-0.25, -0.2) is 4.98 Å². The summed E-state index contributed by atoms with van der Waals surface area (Å²) in [4.78, 5) is 4.81. The van der Waals surface area contributed by atoms with E-state index in [1.165, 1.54) is 17.6 Å². The summed E-state index contributed by atoms with van der Waals surface area (Å²) in [6.07, 6.45) is 5.01. The van der Waals surface area contributed by atoms with E-state index in [4.69, 9.17) is 5.73 Å². The molecule has 2 rings (SSSR count). The molecule has 1 heterocycles. The molecule has 0 saturated carbocycles. The third-order valence-corrected chi connectivity index (χ3v) is 2.19. The average molecular weight is 208 g/mol. The normalized spacial score (nSPS) is 8.93. The van der Waals surface area contributed by atoms with Crippen LogP contribution in [0.25, 0.3) is 0 Å². The summed E-state index contributed by atoms with van der Waals surface area (Å²) in [5.74, 6) is 0. The Kier molecular flexibility index (Phi) is 4.57. The highest BCUT2D eigenvalue weighted by Crippen LogP contribution is 2.14. The first-order valence-electron chi connectivity index (χ1n) is 4.01. The maximum atomic E-state index is 5.47. The number of rotatable bonds is 1. The van der Waals surface area contributed by atoms with Crippen molar-refractivity contribution in [1.29, 1.82) is 0 Å². The van der Waals surface area contributed by atoms with Gasteiger partial charge in [-0.2, -0.15) is 5.10 Å². The molecule has 1 aromatic heterocycles. The Morgan fingerprint density at radius 1 is 1.29 bits per heavy atom.